The summed E-state index contributed by atoms with van der Waals surface area (Å²) in [6.07, 6.45) is 3.39. The van der Waals surface area contributed by atoms with E-state index in [9.17, 15) is 8.42 Å². The van der Waals surface area contributed by atoms with Crippen molar-refractivity contribution < 1.29 is 8.42 Å². The van der Waals surface area contributed by atoms with Crippen LogP contribution in [0, 0.1) is 6.92 Å². The van der Waals surface area contributed by atoms with Gasteiger partial charge in [-0.05, 0) is 25.1 Å². The Morgan fingerprint density at radius 2 is 2.16 bits per heavy atom. The lowest BCUT2D eigenvalue weighted by Crippen LogP contribution is -2.13. The van der Waals surface area contributed by atoms with E-state index in [0.29, 0.717) is 12.2 Å². The van der Waals surface area contributed by atoms with Gasteiger partial charge in [-0.1, -0.05) is 11.6 Å². The van der Waals surface area contributed by atoms with E-state index in [1.54, 1.807) is 17.0 Å². The molecule has 0 fully saturated rings. The number of hydrogen-bond donors (Lipinski definition) is 1. The van der Waals surface area contributed by atoms with E-state index >= 15 is 0 Å². The fourth-order valence-electron chi connectivity index (χ4n) is 1.68. The highest BCUT2D eigenvalue weighted by molar-refractivity contribution is 7.91. The van der Waals surface area contributed by atoms with Crippen molar-refractivity contribution in [3.8, 4) is 0 Å². The molecule has 0 atom stereocenters. The lowest BCUT2D eigenvalue weighted by atomic mass is 10.3. The zero-order valence-electron chi connectivity index (χ0n) is 10.4. The second-order valence-corrected chi connectivity index (χ2v) is 6.69. The highest BCUT2D eigenvalue weighted by atomic mass is 35.5. The number of anilines is 1. The van der Waals surface area contributed by atoms with E-state index < -0.39 is 9.84 Å². The molecule has 0 spiro atoms. The second-order valence-electron chi connectivity index (χ2n) is 4.17. The molecule has 2 aromatic rings. The van der Waals surface area contributed by atoms with Crippen LogP contribution < -0.4 is 5.73 Å². The Balaban J connectivity index is 2.18. The fourth-order valence-corrected chi connectivity index (χ4v) is 3.17. The third kappa shape index (κ3) is 3.08. The SMILES string of the molecule is Cc1nccn1CCS(=O)(=O)c1ccc(N)c(Cl)c1. The molecule has 1 aromatic heterocycles. The van der Waals surface area contributed by atoms with Gasteiger partial charge in [-0.15, -0.1) is 0 Å². The lowest BCUT2D eigenvalue weighted by molar-refractivity contribution is 0.587. The summed E-state index contributed by atoms with van der Waals surface area (Å²) < 4.78 is 26.1. The van der Waals surface area contributed by atoms with Crippen LogP contribution in [0.1, 0.15) is 5.82 Å². The number of sulfone groups is 1. The standard InChI is InChI=1S/C12H14ClN3O2S/c1-9-15-4-5-16(9)6-7-19(17,18)10-2-3-12(14)11(13)8-10/h2-5,8H,6-7,14H2,1H3. The maximum Gasteiger partial charge on any atom is 0.180 e. The van der Waals surface area contributed by atoms with Gasteiger partial charge in [-0.25, -0.2) is 13.4 Å². The number of rotatable bonds is 4. The molecule has 0 aliphatic carbocycles. The van der Waals surface area contributed by atoms with E-state index in [2.05, 4.69) is 4.98 Å². The molecule has 0 bridgehead atoms. The van der Waals surface area contributed by atoms with Crippen LogP contribution in [0.2, 0.25) is 5.02 Å². The summed E-state index contributed by atoms with van der Waals surface area (Å²) in [6.45, 7) is 2.18. The van der Waals surface area contributed by atoms with E-state index in [-0.39, 0.29) is 15.7 Å². The highest BCUT2D eigenvalue weighted by Crippen LogP contribution is 2.23. The highest BCUT2D eigenvalue weighted by Gasteiger charge is 2.16. The van der Waals surface area contributed by atoms with Gasteiger partial charge in [0.15, 0.2) is 9.84 Å². The van der Waals surface area contributed by atoms with Gasteiger partial charge >= 0.3 is 0 Å². The largest absolute Gasteiger partial charge is 0.398 e. The molecule has 2 rings (SSSR count). The summed E-state index contributed by atoms with van der Waals surface area (Å²) in [4.78, 5) is 4.23. The van der Waals surface area contributed by atoms with Crippen molar-refractivity contribution in [3.05, 3.63) is 41.4 Å². The van der Waals surface area contributed by atoms with E-state index in [1.807, 2.05) is 6.92 Å². The number of aromatic nitrogens is 2. The number of aryl methyl sites for hydroxylation is 2. The van der Waals surface area contributed by atoms with E-state index in [1.165, 1.54) is 18.2 Å². The summed E-state index contributed by atoms with van der Waals surface area (Å²) in [5, 5.41) is 0.250. The normalized spacial score (nSPS) is 11.7. The van der Waals surface area contributed by atoms with Gasteiger partial charge in [0.1, 0.15) is 5.82 Å². The van der Waals surface area contributed by atoms with Gasteiger partial charge in [0.2, 0.25) is 0 Å². The van der Waals surface area contributed by atoms with Gasteiger partial charge < -0.3 is 10.3 Å². The minimum absolute atomic E-state index is 0.00948. The van der Waals surface area contributed by atoms with Gasteiger partial charge in [0.25, 0.3) is 0 Å². The first-order chi connectivity index (χ1) is 8.90. The smallest absolute Gasteiger partial charge is 0.180 e. The molecule has 19 heavy (non-hydrogen) atoms. The van der Waals surface area contributed by atoms with E-state index in [4.69, 9.17) is 17.3 Å². The Bertz CT molecular complexity index is 695. The number of nitrogen functional groups attached to an aromatic ring is 1. The van der Waals surface area contributed by atoms with Crippen molar-refractivity contribution >= 4 is 27.1 Å². The van der Waals surface area contributed by atoms with Crippen LogP contribution in [0.15, 0.2) is 35.5 Å². The van der Waals surface area contributed by atoms with Crippen molar-refractivity contribution in [2.75, 3.05) is 11.5 Å². The molecule has 5 nitrogen and oxygen atoms in total. The van der Waals surface area contributed by atoms with Crippen LogP contribution in [0.25, 0.3) is 0 Å². The second kappa shape index (κ2) is 5.22. The van der Waals surface area contributed by atoms with Crippen molar-refractivity contribution in [1.82, 2.24) is 9.55 Å². The molecule has 0 aliphatic heterocycles. The summed E-state index contributed by atoms with van der Waals surface area (Å²) in [5.41, 5.74) is 5.93. The molecular formula is C12H14ClN3O2S. The van der Waals surface area contributed by atoms with Crippen LogP contribution in [0.3, 0.4) is 0 Å². The van der Waals surface area contributed by atoms with Crippen molar-refractivity contribution in [2.24, 2.45) is 0 Å². The molecule has 1 heterocycles. The average molecular weight is 300 g/mol. The minimum Gasteiger partial charge on any atom is -0.398 e. The first-order valence-corrected chi connectivity index (χ1v) is 7.69. The maximum atomic E-state index is 12.2. The van der Waals surface area contributed by atoms with E-state index in [0.717, 1.165) is 5.82 Å². The van der Waals surface area contributed by atoms with Crippen molar-refractivity contribution in [1.29, 1.82) is 0 Å². The Kier molecular flexibility index (Phi) is 3.82. The van der Waals surface area contributed by atoms with Crippen LogP contribution in [0.4, 0.5) is 5.69 Å². The van der Waals surface area contributed by atoms with Crippen LogP contribution in [-0.4, -0.2) is 23.7 Å². The molecule has 0 amide bonds. The Labute approximate surface area is 116 Å². The summed E-state index contributed by atoms with van der Waals surface area (Å²) >= 11 is 5.84. The summed E-state index contributed by atoms with van der Waals surface area (Å²) in [5.74, 6) is 0.773. The number of halogens is 1. The average Bonchev–Trinajstić information content (AvgIpc) is 2.76. The Morgan fingerprint density at radius 1 is 1.42 bits per heavy atom. The number of nitrogens with zero attached hydrogens (tertiary/aromatic N) is 2. The number of imidazole rings is 1. The van der Waals surface area contributed by atoms with Crippen LogP contribution >= 0.6 is 11.6 Å². The first kappa shape index (κ1) is 13.9. The third-order valence-corrected chi connectivity index (χ3v) is 4.88. The summed E-state index contributed by atoms with van der Waals surface area (Å²) in [7, 11) is -3.38. The molecule has 0 unspecified atom stereocenters. The molecule has 7 heteroatoms. The van der Waals surface area contributed by atoms with Crippen molar-refractivity contribution in [2.45, 2.75) is 18.4 Å². The molecule has 0 saturated carbocycles. The Hall–Kier alpha value is -1.53. The quantitative estimate of drug-likeness (QED) is 0.875. The van der Waals surface area contributed by atoms with Gasteiger partial charge in [-0.3, -0.25) is 0 Å². The minimum atomic E-state index is -3.38. The fraction of sp³-hybridized carbons (Fsp3) is 0.250. The van der Waals surface area contributed by atoms with Gasteiger partial charge in [0, 0.05) is 18.9 Å². The molecule has 2 N–H and O–H groups in total. The molecule has 0 saturated heterocycles. The Morgan fingerprint density at radius 3 is 2.74 bits per heavy atom. The summed E-state index contributed by atoms with van der Waals surface area (Å²) in [6, 6.07) is 4.35. The van der Waals surface area contributed by atoms with Gasteiger partial charge in [-0.2, -0.15) is 0 Å². The molecular weight excluding hydrogens is 286 g/mol. The molecule has 1 aromatic carbocycles. The molecule has 102 valence electrons. The molecule has 0 aliphatic rings. The van der Waals surface area contributed by atoms with Crippen LogP contribution in [0.5, 0.6) is 0 Å². The van der Waals surface area contributed by atoms with Crippen molar-refractivity contribution in [3.63, 3.8) is 0 Å². The predicted molar refractivity (Wildman–Crippen MR) is 74.9 cm³/mol. The topological polar surface area (TPSA) is 78.0 Å². The monoisotopic (exact) mass is 299 g/mol. The lowest BCUT2D eigenvalue weighted by Gasteiger charge is -2.08. The van der Waals surface area contributed by atoms with Gasteiger partial charge in [0.05, 0.1) is 21.4 Å². The first-order valence-electron chi connectivity index (χ1n) is 5.65. The number of benzene rings is 1. The maximum absolute atomic E-state index is 12.2. The number of nitrogens with two attached hydrogens (primary N) is 1. The molecule has 0 radical (unpaired) electrons. The zero-order valence-corrected chi connectivity index (χ0v) is 11.9. The number of hydrogen-bond acceptors (Lipinski definition) is 4. The van der Waals surface area contributed by atoms with Crippen LogP contribution in [-0.2, 0) is 16.4 Å². The third-order valence-electron chi connectivity index (χ3n) is 2.86. The predicted octanol–water partition coefficient (Wildman–Crippen LogP) is 1.90. The zero-order chi connectivity index (χ0) is 14.0.